The van der Waals surface area contributed by atoms with Crippen molar-refractivity contribution in [3.05, 3.63) is 111 Å². The van der Waals surface area contributed by atoms with E-state index in [1.54, 1.807) is 36.2 Å². The zero-order valence-electron chi connectivity index (χ0n) is 19.3. The standard InChI is InChI=1S/C27H22Cl3N3O3/c1-35-25-11-8-18(13-20(25)17-36-21-5-3-2-4-6-21)9-12-26(34)31-27-24(30)16-33(32-27)15-19-7-10-22(28)23(29)14-19/h2-14,16H,15,17H2,1H3,(H,31,32,34)/b12-9+. The fraction of sp³-hybridized carbons (Fsp3) is 0.111. The van der Waals surface area contributed by atoms with Gasteiger partial charge in [0.25, 0.3) is 0 Å². The van der Waals surface area contributed by atoms with Gasteiger partial charge in [0.15, 0.2) is 5.82 Å². The second kappa shape index (κ2) is 12.0. The molecule has 184 valence electrons. The molecule has 0 aliphatic rings. The molecule has 1 amide bonds. The summed E-state index contributed by atoms with van der Waals surface area (Å²) in [5.74, 6) is 1.36. The molecule has 4 aromatic rings. The van der Waals surface area contributed by atoms with Crippen LogP contribution in [0.15, 0.2) is 79.0 Å². The Morgan fingerprint density at radius 3 is 2.56 bits per heavy atom. The van der Waals surface area contributed by atoms with Crippen molar-refractivity contribution in [2.45, 2.75) is 13.2 Å². The molecule has 0 unspecified atom stereocenters. The number of aromatic nitrogens is 2. The van der Waals surface area contributed by atoms with E-state index in [0.29, 0.717) is 34.0 Å². The number of carbonyl (C=O) groups excluding carboxylic acids is 1. The van der Waals surface area contributed by atoms with Crippen LogP contribution in [0.4, 0.5) is 5.82 Å². The van der Waals surface area contributed by atoms with Gasteiger partial charge in [-0.05, 0) is 53.6 Å². The van der Waals surface area contributed by atoms with Gasteiger partial charge in [-0.2, -0.15) is 5.10 Å². The molecule has 6 nitrogen and oxygen atoms in total. The Balaban J connectivity index is 1.40. The van der Waals surface area contributed by atoms with E-state index >= 15 is 0 Å². The Kier molecular flexibility index (Phi) is 8.54. The van der Waals surface area contributed by atoms with E-state index in [9.17, 15) is 4.79 Å². The van der Waals surface area contributed by atoms with Crippen molar-refractivity contribution < 1.29 is 14.3 Å². The van der Waals surface area contributed by atoms with E-state index in [0.717, 1.165) is 22.4 Å². The quantitative estimate of drug-likeness (QED) is 0.229. The maximum atomic E-state index is 12.5. The summed E-state index contributed by atoms with van der Waals surface area (Å²) in [7, 11) is 1.61. The van der Waals surface area contributed by atoms with E-state index in [-0.39, 0.29) is 11.7 Å². The van der Waals surface area contributed by atoms with Gasteiger partial charge in [0.2, 0.25) is 5.91 Å². The molecule has 1 N–H and O–H groups in total. The molecule has 36 heavy (non-hydrogen) atoms. The first kappa shape index (κ1) is 25.6. The minimum absolute atomic E-state index is 0.262. The predicted octanol–water partition coefficient (Wildman–Crippen LogP) is 7.13. The first-order chi connectivity index (χ1) is 17.4. The molecular weight excluding hydrogens is 521 g/mol. The molecule has 0 aliphatic carbocycles. The number of nitrogens with one attached hydrogen (secondary N) is 1. The number of rotatable bonds is 9. The van der Waals surface area contributed by atoms with Gasteiger partial charge in [0, 0.05) is 17.8 Å². The van der Waals surface area contributed by atoms with E-state index in [2.05, 4.69) is 10.4 Å². The first-order valence-electron chi connectivity index (χ1n) is 10.9. The lowest BCUT2D eigenvalue weighted by molar-refractivity contribution is -0.111. The van der Waals surface area contributed by atoms with Gasteiger partial charge >= 0.3 is 0 Å². The lowest BCUT2D eigenvalue weighted by atomic mass is 10.1. The Labute approximate surface area is 224 Å². The van der Waals surface area contributed by atoms with Gasteiger partial charge in [-0.15, -0.1) is 0 Å². The number of anilines is 1. The molecular formula is C27H22Cl3N3O3. The highest BCUT2D eigenvalue weighted by Gasteiger charge is 2.11. The zero-order valence-corrected chi connectivity index (χ0v) is 21.5. The van der Waals surface area contributed by atoms with Crippen LogP contribution in [0.5, 0.6) is 11.5 Å². The largest absolute Gasteiger partial charge is 0.496 e. The fourth-order valence-corrected chi connectivity index (χ4v) is 3.93. The van der Waals surface area contributed by atoms with Crippen molar-refractivity contribution in [1.82, 2.24) is 9.78 Å². The van der Waals surface area contributed by atoms with Crippen molar-refractivity contribution in [3.63, 3.8) is 0 Å². The van der Waals surface area contributed by atoms with Crippen LogP contribution < -0.4 is 14.8 Å². The Morgan fingerprint density at radius 1 is 1.00 bits per heavy atom. The zero-order chi connectivity index (χ0) is 25.5. The summed E-state index contributed by atoms with van der Waals surface area (Å²) in [6.45, 7) is 0.745. The first-order valence-corrected chi connectivity index (χ1v) is 12.1. The third-order valence-electron chi connectivity index (χ3n) is 5.16. The van der Waals surface area contributed by atoms with Crippen LogP contribution in [-0.2, 0) is 17.9 Å². The number of benzene rings is 3. The molecule has 0 saturated carbocycles. The van der Waals surface area contributed by atoms with E-state index in [1.807, 2.05) is 54.6 Å². The van der Waals surface area contributed by atoms with Gasteiger partial charge in [0.05, 0.1) is 23.7 Å². The molecule has 1 heterocycles. The highest BCUT2D eigenvalue weighted by Crippen LogP contribution is 2.25. The molecule has 0 bridgehead atoms. The number of nitrogens with zero attached hydrogens (tertiary/aromatic N) is 2. The molecule has 0 atom stereocenters. The minimum atomic E-state index is -0.366. The summed E-state index contributed by atoms with van der Waals surface area (Å²) in [4.78, 5) is 12.5. The number of carbonyl (C=O) groups is 1. The van der Waals surface area contributed by atoms with Gasteiger partial charge < -0.3 is 14.8 Å². The van der Waals surface area contributed by atoms with Crippen LogP contribution in [-0.4, -0.2) is 22.8 Å². The van der Waals surface area contributed by atoms with Gasteiger partial charge in [0.1, 0.15) is 23.1 Å². The maximum absolute atomic E-state index is 12.5. The Morgan fingerprint density at radius 2 is 1.81 bits per heavy atom. The number of halogens is 3. The molecule has 0 saturated heterocycles. The molecule has 0 fully saturated rings. The number of hydrogen-bond donors (Lipinski definition) is 1. The van der Waals surface area contributed by atoms with E-state index in [1.165, 1.54) is 6.08 Å². The van der Waals surface area contributed by atoms with Crippen LogP contribution in [0.3, 0.4) is 0 Å². The average Bonchev–Trinajstić information content (AvgIpc) is 3.22. The van der Waals surface area contributed by atoms with Gasteiger partial charge in [-0.25, -0.2) is 0 Å². The smallest absolute Gasteiger partial charge is 0.249 e. The minimum Gasteiger partial charge on any atom is -0.496 e. The predicted molar refractivity (Wildman–Crippen MR) is 144 cm³/mol. The van der Waals surface area contributed by atoms with E-state index < -0.39 is 0 Å². The van der Waals surface area contributed by atoms with Crippen molar-refractivity contribution >= 4 is 52.6 Å². The van der Waals surface area contributed by atoms with Crippen LogP contribution >= 0.6 is 34.8 Å². The third-order valence-corrected chi connectivity index (χ3v) is 6.17. The summed E-state index contributed by atoms with van der Waals surface area (Å²) in [6.07, 6.45) is 4.74. The fourth-order valence-electron chi connectivity index (χ4n) is 3.41. The van der Waals surface area contributed by atoms with Crippen LogP contribution in [0.2, 0.25) is 15.1 Å². The summed E-state index contributed by atoms with van der Waals surface area (Å²) in [5, 5.41) is 8.31. The lowest BCUT2D eigenvalue weighted by Gasteiger charge is -2.11. The van der Waals surface area contributed by atoms with Crippen molar-refractivity contribution in [2.75, 3.05) is 12.4 Å². The molecule has 9 heteroatoms. The van der Waals surface area contributed by atoms with Crippen LogP contribution in [0.25, 0.3) is 6.08 Å². The number of methoxy groups -OCH3 is 1. The third kappa shape index (κ3) is 6.82. The summed E-state index contributed by atoms with van der Waals surface area (Å²) >= 11 is 18.3. The summed E-state index contributed by atoms with van der Waals surface area (Å²) in [6, 6.07) is 20.4. The highest BCUT2D eigenvalue weighted by atomic mass is 35.5. The average molecular weight is 543 g/mol. The Hall–Kier alpha value is -3.45. The van der Waals surface area contributed by atoms with Crippen LogP contribution in [0.1, 0.15) is 16.7 Å². The molecule has 4 rings (SSSR count). The number of amides is 1. The normalized spacial score (nSPS) is 11.0. The molecule has 0 spiro atoms. The molecule has 0 radical (unpaired) electrons. The number of hydrogen-bond acceptors (Lipinski definition) is 4. The second-order valence-electron chi connectivity index (χ2n) is 7.77. The summed E-state index contributed by atoms with van der Waals surface area (Å²) < 4.78 is 12.9. The molecule has 1 aromatic heterocycles. The number of ether oxygens (including phenoxy) is 2. The topological polar surface area (TPSA) is 65.4 Å². The lowest BCUT2D eigenvalue weighted by Crippen LogP contribution is -2.09. The Bertz CT molecular complexity index is 1390. The van der Waals surface area contributed by atoms with Gasteiger partial charge in [-0.3, -0.25) is 9.48 Å². The SMILES string of the molecule is COc1ccc(/C=C/C(=O)Nc2nn(Cc3ccc(Cl)c(Cl)c3)cc2Cl)cc1COc1ccccc1. The maximum Gasteiger partial charge on any atom is 0.249 e. The van der Waals surface area contributed by atoms with Gasteiger partial charge in [-0.1, -0.05) is 65.1 Å². The molecule has 3 aromatic carbocycles. The second-order valence-corrected chi connectivity index (χ2v) is 8.99. The van der Waals surface area contributed by atoms with E-state index in [4.69, 9.17) is 44.3 Å². The molecule has 0 aliphatic heterocycles. The highest BCUT2D eigenvalue weighted by molar-refractivity contribution is 6.42. The van der Waals surface area contributed by atoms with Crippen molar-refractivity contribution in [3.8, 4) is 11.5 Å². The number of para-hydroxylation sites is 1. The van der Waals surface area contributed by atoms with Crippen molar-refractivity contribution in [2.24, 2.45) is 0 Å². The van der Waals surface area contributed by atoms with Crippen molar-refractivity contribution in [1.29, 1.82) is 0 Å². The summed E-state index contributed by atoms with van der Waals surface area (Å²) in [5.41, 5.74) is 2.56. The van der Waals surface area contributed by atoms with Crippen LogP contribution in [0, 0.1) is 0 Å². The monoisotopic (exact) mass is 541 g/mol.